The quantitative estimate of drug-likeness (QED) is 0.398. The predicted molar refractivity (Wildman–Crippen MR) is 112 cm³/mol. The van der Waals surface area contributed by atoms with Crippen LogP contribution in [0.2, 0.25) is 0 Å². The van der Waals surface area contributed by atoms with Gasteiger partial charge in [0, 0.05) is 27.5 Å². The molecule has 0 amide bonds. The van der Waals surface area contributed by atoms with E-state index in [0.717, 1.165) is 4.47 Å². The van der Waals surface area contributed by atoms with E-state index < -0.39 is 15.6 Å². The Morgan fingerprint density at radius 3 is 2.61 bits per heavy atom. The molecule has 0 aliphatic heterocycles. The fraction of sp³-hybridized carbons (Fsp3) is 0.0526. The zero-order valence-corrected chi connectivity index (χ0v) is 17.5. The summed E-state index contributed by atoms with van der Waals surface area (Å²) in [6.45, 7) is -0.0471. The number of anilines is 1. The topological polar surface area (TPSA) is 80.5 Å². The fourth-order valence-electron chi connectivity index (χ4n) is 2.80. The number of rotatable bonds is 5. The lowest BCUT2D eigenvalue weighted by Gasteiger charge is -2.22. The molecule has 2 heterocycles. The summed E-state index contributed by atoms with van der Waals surface area (Å²) in [5.74, 6) is 0. The monoisotopic (exact) mass is 476 g/mol. The Labute approximate surface area is 173 Å². The summed E-state index contributed by atoms with van der Waals surface area (Å²) in [7, 11) is -3.87. The molecule has 9 heteroatoms. The van der Waals surface area contributed by atoms with Crippen molar-refractivity contribution in [3.8, 4) is 0 Å². The molecule has 0 atom stereocenters. The van der Waals surface area contributed by atoms with Crippen LogP contribution in [0.15, 0.2) is 84.8 Å². The molecule has 4 rings (SSSR count). The number of fused-ring (bicyclic) bond motifs is 1. The lowest BCUT2D eigenvalue weighted by Crippen LogP contribution is -2.31. The van der Waals surface area contributed by atoms with Crippen molar-refractivity contribution in [3.63, 3.8) is 0 Å². The van der Waals surface area contributed by atoms with Crippen LogP contribution < -0.4 is 9.93 Å². The molecule has 0 saturated carbocycles. The molecule has 0 spiro atoms. The van der Waals surface area contributed by atoms with Crippen LogP contribution in [-0.4, -0.2) is 13.4 Å². The van der Waals surface area contributed by atoms with Gasteiger partial charge in [-0.2, -0.15) is 0 Å². The van der Waals surface area contributed by atoms with Crippen molar-refractivity contribution < 1.29 is 12.8 Å². The Hall–Kier alpha value is -2.49. The highest BCUT2D eigenvalue weighted by Crippen LogP contribution is 2.30. The highest BCUT2D eigenvalue weighted by molar-refractivity contribution is 9.10. The maximum atomic E-state index is 13.3. The molecular weight excluding hydrogens is 464 g/mol. The zero-order chi connectivity index (χ0) is 19.7. The van der Waals surface area contributed by atoms with Crippen LogP contribution in [0.5, 0.6) is 0 Å². The van der Waals surface area contributed by atoms with Gasteiger partial charge in [-0.15, -0.1) is 11.3 Å². The molecule has 6 nitrogen and oxygen atoms in total. The van der Waals surface area contributed by atoms with Gasteiger partial charge in [0.1, 0.15) is 5.58 Å². The predicted octanol–water partition coefficient (Wildman–Crippen LogP) is 4.41. The number of nitrogens with zero attached hydrogens (tertiary/aromatic N) is 2. The smallest absolute Gasteiger partial charge is 0.336 e. The van der Waals surface area contributed by atoms with Crippen LogP contribution in [0.3, 0.4) is 0 Å². The van der Waals surface area contributed by atoms with Crippen LogP contribution in [0.1, 0.15) is 5.56 Å². The fourth-order valence-corrected chi connectivity index (χ4v) is 5.43. The van der Waals surface area contributed by atoms with Gasteiger partial charge in [0.2, 0.25) is 0 Å². The molecule has 142 valence electrons. The minimum atomic E-state index is -3.87. The molecule has 0 unspecified atom stereocenters. The molecule has 0 aliphatic carbocycles. The first-order valence-electron chi connectivity index (χ1n) is 8.15. The summed E-state index contributed by atoms with van der Waals surface area (Å²) < 4.78 is 33.8. The van der Waals surface area contributed by atoms with Crippen molar-refractivity contribution >= 4 is 53.4 Å². The number of sulfonamides is 1. The molecule has 0 bridgehead atoms. The van der Waals surface area contributed by atoms with Crippen LogP contribution in [0.25, 0.3) is 11.0 Å². The van der Waals surface area contributed by atoms with Crippen molar-refractivity contribution in [2.45, 2.75) is 11.4 Å². The van der Waals surface area contributed by atoms with Crippen molar-refractivity contribution in [2.24, 2.45) is 0 Å². The molecular formula is C19H13BrN2O4S2. The summed E-state index contributed by atoms with van der Waals surface area (Å²) in [5.41, 5.74) is 0.373. The maximum Gasteiger partial charge on any atom is 0.336 e. The van der Waals surface area contributed by atoms with E-state index in [2.05, 4.69) is 20.9 Å². The van der Waals surface area contributed by atoms with Crippen LogP contribution in [0.4, 0.5) is 5.13 Å². The average Bonchev–Trinajstić information content (AvgIpc) is 3.20. The minimum Gasteiger partial charge on any atom is -0.423 e. The zero-order valence-electron chi connectivity index (χ0n) is 14.3. The van der Waals surface area contributed by atoms with Gasteiger partial charge >= 0.3 is 5.63 Å². The van der Waals surface area contributed by atoms with Gasteiger partial charge in [-0.1, -0.05) is 34.1 Å². The average molecular weight is 477 g/mol. The molecule has 0 radical (unpaired) electrons. The van der Waals surface area contributed by atoms with Crippen LogP contribution >= 0.6 is 27.3 Å². The summed E-state index contributed by atoms with van der Waals surface area (Å²) in [6.07, 6.45) is 1.54. The molecule has 0 N–H and O–H groups in total. The van der Waals surface area contributed by atoms with Crippen molar-refractivity contribution in [2.75, 3.05) is 4.31 Å². The summed E-state index contributed by atoms with van der Waals surface area (Å²) in [5, 5.41) is 2.69. The molecule has 28 heavy (non-hydrogen) atoms. The molecule has 2 aromatic carbocycles. The van der Waals surface area contributed by atoms with E-state index in [1.165, 1.54) is 33.8 Å². The lowest BCUT2D eigenvalue weighted by molar-refractivity contribution is 0.558. The van der Waals surface area contributed by atoms with Crippen LogP contribution in [0, 0.1) is 0 Å². The number of halogens is 1. The van der Waals surface area contributed by atoms with Gasteiger partial charge in [-0.3, -0.25) is 0 Å². The highest BCUT2D eigenvalue weighted by atomic mass is 79.9. The summed E-state index contributed by atoms with van der Waals surface area (Å²) in [4.78, 5) is 16.4. The SMILES string of the molecule is O=c1cc(CN(c2nccs2)S(=O)(=O)c2ccccc2)c2ccc(Br)cc2o1. The highest BCUT2D eigenvalue weighted by Gasteiger charge is 2.27. The molecule has 0 fully saturated rings. The van der Waals surface area contributed by atoms with E-state index in [1.807, 2.05) is 6.07 Å². The van der Waals surface area contributed by atoms with Gasteiger partial charge in [-0.05, 0) is 35.9 Å². The van der Waals surface area contributed by atoms with Gasteiger partial charge in [-0.25, -0.2) is 22.5 Å². The Kier molecular flexibility index (Phi) is 5.05. The van der Waals surface area contributed by atoms with Crippen molar-refractivity contribution in [3.05, 3.63) is 86.6 Å². The molecule has 0 aliphatic rings. The minimum absolute atomic E-state index is 0.0471. The largest absolute Gasteiger partial charge is 0.423 e. The first kappa shape index (κ1) is 18.9. The van der Waals surface area contributed by atoms with Gasteiger partial charge in [0.25, 0.3) is 10.0 Å². The number of hydrogen-bond acceptors (Lipinski definition) is 6. The molecule has 0 saturated heterocycles. The first-order valence-corrected chi connectivity index (χ1v) is 11.3. The Morgan fingerprint density at radius 1 is 1.11 bits per heavy atom. The van der Waals surface area contributed by atoms with Gasteiger partial charge < -0.3 is 4.42 Å². The van der Waals surface area contributed by atoms with E-state index in [0.29, 0.717) is 21.7 Å². The third-order valence-electron chi connectivity index (χ3n) is 4.07. The third kappa shape index (κ3) is 3.60. The lowest BCUT2D eigenvalue weighted by atomic mass is 10.1. The number of thiazole rings is 1. The summed E-state index contributed by atoms with van der Waals surface area (Å²) in [6, 6.07) is 14.7. The standard InChI is InChI=1S/C19H13BrN2O4S2/c20-14-6-7-16-13(10-18(23)26-17(16)11-14)12-22(19-21-8-9-27-19)28(24,25)15-4-2-1-3-5-15/h1-11H,12H2. The van der Waals surface area contributed by atoms with Crippen molar-refractivity contribution in [1.29, 1.82) is 0 Å². The Balaban J connectivity index is 1.87. The Bertz CT molecular complexity index is 1290. The normalized spacial score (nSPS) is 11.6. The number of hydrogen-bond donors (Lipinski definition) is 0. The van der Waals surface area contributed by atoms with E-state index in [-0.39, 0.29) is 11.4 Å². The second-order valence-electron chi connectivity index (χ2n) is 5.87. The van der Waals surface area contributed by atoms with E-state index in [9.17, 15) is 13.2 Å². The first-order chi connectivity index (χ1) is 13.4. The maximum absolute atomic E-state index is 13.3. The van der Waals surface area contributed by atoms with Crippen LogP contribution in [-0.2, 0) is 16.6 Å². The summed E-state index contributed by atoms with van der Waals surface area (Å²) >= 11 is 4.56. The number of benzene rings is 2. The molecule has 4 aromatic rings. The van der Waals surface area contributed by atoms with Crippen molar-refractivity contribution in [1.82, 2.24) is 4.98 Å². The third-order valence-corrected chi connectivity index (χ3v) is 7.22. The van der Waals surface area contributed by atoms with Gasteiger partial charge in [0.05, 0.1) is 11.4 Å². The Morgan fingerprint density at radius 2 is 1.89 bits per heavy atom. The second kappa shape index (κ2) is 7.50. The van der Waals surface area contributed by atoms with E-state index >= 15 is 0 Å². The van der Waals surface area contributed by atoms with E-state index in [1.54, 1.807) is 41.9 Å². The number of aromatic nitrogens is 1. The second-order valence-corrected chi connectivity index (χ2v) is 9.52. The molecule has 2 aromatic heterocycles. The van der Waals surface area contributed by atoms with E-state index in [4.69, 9.17) is 4.42 Å². The van der Waals surface area contributed by atoms with Gasteiger partial charge in [0.15, 0.2) is 5.13 Å².